The predicted molar refractivity (Wildman–Crippen MR) is 135 cm³/mol. The number of hydrogen-bond acceptors (Lipinski definition) is 8. The molecule has 8 rings (SSSR count). The van der Waals surface area contributed by atoms with Crippen molar-refractivity contribution in [3.05, 3.63) is 35.2 Å². The van der Waals surface area contributed by atoms with Crippen molar-refractivity contribution >= 4 is 39.8 Å². The molecular weight excluding hydrogens is 466 g/mol. The topological polar surface area (TPSA) is 91.6 Å². The molecule has 9 nitrogen and oxygen atoms in total. The number of piperazine rings is 1. The molecule has 2 aliphatic heterocycles. The third-order valence-corrected chi connectivity index (χ3v) is 8.82. The van der Waals surface area contributed by atoms with Gasteiger partial charge in [-0.2, -0.15) is 5.10 Å². The van der Waals surface area contributed by atoms with E-state index in [1.54, 1.807) is 6.20 Å². The van der Waals surface area contributed by atoms with Crippen molar-refractivity contribution in [2.45, 2.75) is 43.9 Å². The molecule has 2 saturated heterocycles. The lowest BCUT2D eigenvalue weighted by atomic mass is 9.50. The van der Waals surface area contributed by atoms with E-state index in [1.807, 2.05) is 10.9 Å². The van der Waals surface area contributed by atoms with Crippen LogP contribution in [0.25, 0.3) is 10.9 Å². The van der Waals surface area contributed by atoms with Crippen molar-refractivity contribution in [1.29, 1.82) is 0 Å². The van der Waals surface area contributed by atoms with Gasteiger partial charge in [-0.25, -0.2) is 14.6 Å². The molecule has 184 valence electrons. The molecule has 5 fully saturated rings. The van der Waals surface area contributed by atoms with Gasteiger partial charge in [0.1, 0.15) is 0 Å². The van der Waals surface area contributed by atoms with Crippen LogP contribution in [0.3, 0.4) is 0 Å². The van der Waals surface area contributed by atoms with Crippen molar-refractivity contribution in [2.24, 2.45) is 5.92 Å². The minimum Gasteiger partial charge on any atom is -0.389 e. The molecule has 3 aliphatic carbocycles. The van der Waals surface area contributed by atoms with Crippen LogP contribution in [0.4, 0.5) is 17.3 Å². The summed E-state index contributed by atoms with van der Waals surface area (Å²) in [5.74, 6) is 1.38. The molecule has 4 heterocycles. The fraction of sp³-hybridized carbons (Fsp3) is 0.560. The van der Waals surface area contributed by atoms with E-state index < -0.39 is 0 Å². The van der Waals surface area contributed by atoms with Gasteiger partial charge in [0, 0.05) is 43.4 Å². The van der Waals surface area contributed by atoms with Crippen LogP contribution in [0.15, 0.2) is 24.5 Å². The number of aromatic nitrogens is 4. The molecule has 0 spiro atoms. The van der Waals surface area contributed by atoms with E-state index in [1.165, 1.54) is 30.5 Å². The molecular formula is C25H30ClN7O2. The van der Waals surface area contributed by atoms with Crippen molar-refractivity contribution in [2.75, 3.05) is 49.6 Å². The summed E-state index contributed by atoms with van der Waals surface area (Å²) in [5.41, 5.74) is 4.19. The maximum absolute atomic E-state index is 10.2. The fourth-order valence-electron chi connectivity index (χ4n) is 6.32. The smallest absolute Gasteiger partial charge is 0.227 e. The van der Waals surface area contributed by atoms with E-state index in [9.17, 15) is 5.11 Å². The highest BCUT2D eigenvalue weighted by Gasteiger charge is 2.59. The quantitative estimate of drug-likeness (QED) is 0.558. The molecule has 2 aromatic heterocycles. The van der Waals surface area contributed by atoms with Gasteiger partial charge >= 0.3 is 0 Å². The molecule has 3 aromatic rings. The Morgan fingerprint density at radius 2 is 1.91 bits per heavy atom. The van der Waals surface area contributed by atoms with Crippen LogP contribution in [0.2, 0.25) is 5.15 Å². The Kier molecular flexibility index (Phi) is 5.00. The average Bonchev–Trinajstić information content (AvgIpc) is 3.38. The molecule has 10 heteroatoms. The maximum Gasteiger partial charge on any atom is 0.227 e. The number of fused-ring (bicyclic) bond motifs is 1. The van der Waals surface area contributed by atoms with E-state index in [-0.39, 0.29) is 17.7 Å². The van der Waals surface area contributed by atoms with Crippen LogP contribution < -0.4 is 10.2 Å². The van der Waals surface area contributed by atoms with Crippen LogP contribution in [-0.2, 0) is 10.3 Å². The first-order chi connectivity index (χ1) is 17.0. The zero-order valence-electron chi connectivity index (χ0n) is 19.8. The summed E-state index contributed by atoms with van der Waals surface area (Å²) >= 11 is 6.68. The van der Waals surface area contributed by atoms with Gasteiger partial charge in [-0.15, -0.1) is 0 Å². The summed E-state index contributed by atoms with van der Waals surface area (Å²) in [4.78, 5) is 14.1. The number of halogens is 1. The SMILES string of the molecule is Cc1cc2cnc(Nc3cnn(C45CC(C4)C5)c3Cl)nc2cc1N1CCN(C2COCC2O)CC1. The normalized spacial score (nSPS) is 30.4. The summed E-state index contributed by atoms with van der Waals surface area (Å²) in [7, 11) is 0. The average molecular weight is 496 g/mol. The standard InChI is InChI=1S/C25H30ClN7O2/c1-15-6-17-11-27-24(30-19-12-28-33(23(19)26)25-8-16(9-25)10-25)29-18(17)7-20(15)31-2-4-32(5-3-31)21-13-35-14-22(21)34/h6-7,11-12,16,21-22,34H,2-5,8-10,13-14H2,1H3,(H,27,29,30). The Balaban J connectivity index is 1.10. The Bertz CT molecular complexity index is 1270. The van der Waals surface area contributed by atoms with Crippen molar-refractivity contribution in [3.63, 3.8) is 0 Å². The molecule has 5 aliphatic rings. The first-order valence-corrected chi connectivity index (χ1v) is 12.9. The van der Waals surface area contributed by atoms with Gasteiger partial charge in [0.2, 0.25) is 5.95 Å². The molecule has 0 amide bonds. The number of hydrogen-bond donors (Lipinski definition) is 2. The molecule has 35 heavy (non-hydrogen) atoms. The monoisotopic (exact) mass is 495 g/mol. The largest absolute Gasteiger partial charge is 0.389 e. The molecule has 1 aromatic carbocycles. The predicted octanol–water partition coefficient (Wildman–Crippen LogP) is 2.92. The molecule has 2 N–H and O–H groups in total. The number of anilines is 3. The number of ether oxygens (including phenoxy) is 1. The van der Waals surface area contributed by atoms with Crippen molar-refractivity contribution < 1.29 is 9.84 Å². The van der Waals surface area contributed by atoms with Crippen LogP contribution in [0, 0.1) is 12.8 Å². The van der Waals surface area contributed by atoms with E-state index in [0.29, 0.717) is 24.3 Å². The zero-order valence-corrected chi connectivity index (χ0v) is 20.6. The highest BCUT2D eigenvalue weighted by Crippen LogP contribution is 2.63. The number of aliphatic hydroxyl groups is 1. The van der Waals surface area contributed by atoms with Gasteiger partial charge in [-0.05, 0) is 49.8 Å². The Morgan fingerprint density at radius 1 is 1.11 bits per heavy atom. The molecule has 3 saturated carbocycles. The lowest BCUT2D eigenvalue weighted by Gasteiger charge is -2.61. The van der Waals surface area contributed by atoms with Crippen molar-refractivity contribution in [1.82, 2.24) is 24.6 Å². The van der Waals surface area contributed by atoms with Gasteiger partial charge in [-0.1, -0.05) is 11.6 Å². The maximum atomic E-state index is 10.2. The van der Waals surface area contributed by atoms with Crippen LogP contribution in [-0.4, -0.2) is 81.3 Å². The fourth-order valence-corrected chi connectivity index (χ4v) is 6.64. The van der Waals surface area contributed by atoms with Gasteiger partial charge in [-0.3, -0.25) is 4.90 Å². The van der Waals surface area contributed by atoms with Gasteiger partial charge in [0.25, 0.3) is 0 Å². The lowest BCUT2D eigenvalue weighted by Crippen LogP contribution is -2.59. The Hall–Kier alpha value is -2.46. The minimum absolute atomic E-state index is 0.113. The molecule has 2 bridgehead atoms. The van der Waals surface area contributed by atoms with E-state index in [2.05, 4.69) is 44.3 Å². The van der Waals surface area contributed by atoms with E-state index in [4.69, 9.17) is 21.3 Å². The third-order valence-electron chi connectivity index (χ3n) is 8.46. The Labute approximate surface area is 209 Å². The summed E-state index contributed by atoms with van der Waals surface area (Å²) < 4.78 is 7.43. The summed E-state index contributed by atoms with van der Waals surface area (Å²) in [6.45, 7) is 6.83. The number of benzene rings is 1. The number of nitrogens with zero attached hydrogens (tertiary/aromatic N) is 6. The van der Waals surface area contributed by atoms with Crippen LogP contribution >= 0.6 is 11.6 Å². The third kappa shape index (κ3) is 3.51. The highest BCUT2D eigenvalue weighted by atomic mass is 35.5. The van der Waals surface area contributed by atoms with E-state index >= 15 is 0 Å². The molecule has 2 atom stereocenters. The van der Waals surface area contributed by atoms with E-state index in [0.717, 1.165) is 48.7 Å². The lowest BCUT2D eigenvalue weighted by molar-refractivity contribution is -0.0975. The van der Waals surface area contributed by atoms with Gasteiger partial charge in [0.15, 0.2) is 5.15 Å². The second-order valence-corrected chi connectivity index (χ2v) is 11.0. The number of aryl methyl sites for hydroxylation is 1. The van der Waals surface area contributed by atoms with Crippen LogP contribution in [0.5, 0.6) is 0 Å². The summed E-state index contributed by atoms with van der Waals surface area (Å²) in [6.07, 6.45) is 6.82. The molecule has 0 radical (unpaired) electrons. The summed E-state index contributed by atoms with van der Waals surface area (Å²) in [6, 6.07) is 4.43. The minimum atomic E-state index is -0.383. The van der Waals surface area contributed by atoms with Crippen molar-refractivity contribution in [3.8, 4) is 0 Å². The first kappa shape index (κ1) is 21.8. The zero-order chi connectivity index (χ0) is 23.7. The molecule has 2 unspecified atom stereocenters. The Morgan fingerprint density at radius 3 is 2.60 bits per heavy atom. The van der Waals surface area contributed by atoms with Crippen LogP contribution in [0.1, 0.15) is 24.8 Å². The second-order valence-electron chi connectivity index (χ2n) is 10.7. The highest BCUT2D eigenvalue weighted by molar-refractivity contribution is 6.32. The van der Waals surface area contributed by atoms with Gasteiger partial charge in [0.05, 0.1) is 48.3 Å². The number of aliphatic hydroxyl groups excluding tert-OH is 1. The summed E-state index contributed by atoms with van der Waals surface area (Å²) in [5, 5.41) is 19.7. The number of nitrogens with one attached hydrogen (secondary N) is 1. The number of rotatable bonds is 5. The second kappa shape index (κ2) is 8.03. The first-order valence-electron chi connectivity index (χ1n) is 12.5. The van der Waals surface area contributed by atoms with Gasteiger partial charge < -0.3 is 20.1 Å².